The van der Waals surface area contributed by atoms with Crippen LogP contribution in [-0.4, -0.2) is 27.5 Å². The third kappa shape index (κ3) is 5.88. The molecule has 0 radical (unpaired) electrons. The molecule has 2 N–H and O–H groups in total. The Kier molecular flexibility index (Phi) is 7.83. The van der Waals surface area contributed by atoms with Gasteiger partial charge < -0.3 is 14.8 Å². The largest absolute Gasteiger partial charge is 0.495 e. The van der Waals surface area contributed by atoms with Gasteiger partial charge in [-0.15, -0.1) is 0 Å². The van der Waals surface area contributed by atoms with Gasteiger partial charge >= 0.3 is 0 Å². The molecule has 0 aliphatic heterocycles. The van der Waals surface area contributed by atoms with Crippen LogP contribution in [0.25, 0.3) is 0 Å². The summed E-state index contributed by atoms with van der Waals surface area (Å²) in [6.45, 7) is 7.68. The zero-order chi connectivity index (χ0) is 24.9. The quantitative estimate of drug-likeness (QED) is 0.436. The zero-order valence-corrected chi connectivity index (χ0v) is 20.8. The van der Waals surface area contributed by atoms with Gasteiger partial charge in [-0.3, -0.25) is 9.52 Å². The van der Waals surface area contributed by atoms with Crippen molar-refractivity contribution in [3.63, 3.8) is 0 Å². The van der Waals surface area contributed by atoms with E-state index in [1.165, 1.54) is 19.2 Å². The Hall–Kier alpha value is -3.52. The highest BCUT2D eigenvalue weighted by Crippen LogP contribution is 2.28. The van der Waals surface area contributed by atoms with Gasteiger partial charge in [0.1, 0.15) is 11.5 Å². The smallest absolute Gasteiger partial charge is 0.265 e. The average Bonchev–Trinajstić information content (AvgIpc) is 2.80. The van der Waals surface area contributed by atoms with Crippen molar-refractivity contribution in [2.24, 2.45) is 0 Å². The normalized spacial score (nSPS) is 12.0. The van der Waals surface area contributed by atoms with E-state index in [1.54, 1.807) is 24.3 Å². The number of aryl methyl sites for hydroxylation is 2. The van der Waals surface area contributed by atoms with Gasteiger partial charge in [-0.25, -0.2) is 8.42 Å². The molecular formula is C26H30N2O5S. The van der Waals surface area contributed by atoms with E-state index in [4.69, 9.17) is 9.47 Å². The molecule has 0 saturated heterocycles. The van der Waals surface area contributed by atoms with Crippen molar-refractivity contribution in [2.75, 3.05) is 17.1 Å². The summed E-state index contributed by atoms with van der Waals surface area (Å²) < 4.78 is 39.5. The van der Waals surface area contributed by atoms with E-state index in [2.05, 4.69) is 10.0 Å². The SMILES string of the molecule is CC[C@@H](Oc1cccc(C)c1C)C(=O)Nc1ccc(S(=O)(=O)Nc2cc(C)ccc2OC)cc1. The number of nitrogens with one attached hydrogen (secondary N) is 2. The summed E-state index contributed by atoms with van der Waals surface area (Å²) in [5.74, 6) is 0.787. The maximum absolute atomic E-state index is 12.9. The van der Waals surface area contributed by atoms with E-state index in [0.717, 1.165) is 16.7 Å². The van der Waals surface area contributed by atoms with Crippen LogP contribution in [0.2, 0.25) is 0 Å². The number of methoxy groups -OCH3 is 1. The molecule has 1 amide bonds. The molecule has 3 aromatic rings. The predicted octanol–water partition coefficient (Wildman–Crippen LogP) is 5.22. The molecule has 7 nitrogen and oxygen atoms in total. The van der Waals surface area contributed by atoms with E-state index >= 15 is 0 Å². The van der Waals surface area contributed by atoms with Crippen molar-refractivity contribution in [3.05, 3.63) is 77.4 Å². The Morgan fingerprint density at radius 1 is 0.971 bits per heavy atom. The van der Waals surface area contributed by atoms with Crippen LogP contribution in [0.3, 0.4) is 0 Å². The van der Waals surface area contributed by atoms with E-state index in [0.29, 0.717) is 29.3 Å². The highest BCUT2D eigenvalue weighted by molar-refractivity contribution is 7.92. The van der Waals surface area contributed by atoms with Gasteiger partial charge in [0.25, 0.3) is 15.9 Å². The molecule has 0 aliphatic carbocycles. The van der Waals surface area contributed by atoms with Crippen LogP contribution < -0.4 is 19.5 Å². The van der Waals surface area contributed by atoms with Crippen LogP contribution in [0.15, 0.2) is 65.6 Å². The molecule has 3 aromatic carbocycles. The Bertz CT molecular complexity index is 1270. The minimum absolute atomic E-state index is 0.0627. The van der Waals surface area contributed by atoms with E-state index in [1.807, 2.05) is 52.0 Å². The summed E-state index contributed by atoms with van der Waals surface area (Å²) in [7, 11) is -2.37. The number of carbonyl (C=O) groups excluding carboxylic acids is 1. The molecule has 34 heavy (non-hydrogen) atoms. The van der Waals surface area contributed by atoms with E-state index in [9.17, 15) is 13.2 Å². The van der Waals surface area contributed by atoms with E-state index < -0.39 is 16.1 Å². The van der Waals surface area contributed by atoms with Gasteiger partial charge in [0.05, 0.1) is 17.7 Å². The highest BCUT2D eigenvalue weighted by Gasteiger charge is 2.21. The van der Waals surface area contributed by atoms with Gasteiger partial charge in [0, 0.05) is 5.69 Å². The lowest BCUT2D eigenvalue weighted by molar-refractivity contribution is -0.122. The standard InChI is InChI=1S/C26H30N2O5S/c1-6-23(33-24-9-7-8-18(3)19(24)4)26(29)27-20-11-13-21(14-12-20)34(30,31)28-22-16-17(2)10-15-25(22)32-5/h7-16,23,28H,6H2,1-5H3,(H,27,29)/t23-/m1/s1. The molecule has 0 aliphatic rings. The van der Waals surface area contributed by atoms with Gasteiger partial charge in [0.15, 0.2) is 6.10 Å². The minimum atomic E-state index is -3.85. The van der Waals surface area contributed by atoms with Crippen molar-refractivity contribution in [1.82, 2.24) is 0 Å². The lowest BCUT2D eigenvalue weighted by Crippen LogP contribution is -2.32. The number of hydrogen-bond donors (Lipinski definition) is 2. The van der Waals surface area contributed by atoms with Gasteiger partial charge in [-0.2, -0.15) is 0 Å². The third-order valence-electron chi connectivity index (χ3n) is 5.52. The second-order valence-corrected chi connectivity index (χ2v) is 9.72. The Labute approximate surface area is 201 Å². The van der Waals surface area contributed by atoms with Crippen molar-refractivity contribution >= 4 is 27.3 Å². The predicted molar refractivity (Wildman–Crippen MR) is 134 cm³/mol. The van der Waals surface area contributed by atoms with E-state index in [-0.39, 0.29) is 10.8 Å². The molecule has 0 aromatic heterocycles. The van der Waals surface area contributed by atoms with Crippen LogP contribution in [0.4, 0.5) is 11.4 Å². The van der Waals surface area contributed by atoms with Crippen molar-refractivity contribution in [3.8, 4) is 11.5 Å². The second-order valence-electron chi connectivity index (χ2n) is 8.04. The maximum atomic E-state index is 12.9. The summed E-state index contributed by atoms with van der Waals surface area (Å²) in [5, 5.41) is 2.80. The number of hydrogen-bond acceptors (Lipinski definition) is 5. The first-order valence-electron chi connectivity index (χ1n) is 11.0. The molecule has 8 heteroatoms. The number of amides is 1. The maximum Gasteiger partial charge on any atom is 0.265 e. The molecule has 0 fully saturated rings. The zero-order valence-electron chi connectivity index (χ0n) is 20.0. The number of sulfonamides is 1. The Balaban J connectivity index is 1.71. The van der Waals surface area contributed by atoms with Crippen molar-refractivity contribution < 1.29 is 22.7 Å². The summed E-state index contributed by atoms with van der Waals surface area (Å²) in [4.78, 5) is 12.9. The monoisotopic (exact) mass is 482 g/mol. The fraction of sp³-hybridized carbons (Fsp3) is 0.269. The third-order valence-corrected chi connectivity index (χ3v) is 6.90. The van der Waals surface area contributed by atoms with Crippen molar-refractivity contribution in [2.45, 2.75) is 45.1 Å². The summed E-state index contributed by atoms with van der Waals surface area (Å²) in [6.07, 6.45) is -0.201. The first-order chi connectivity index (χ1) is 16.1. The number of benzene rings is 3. The van der Waals surface area contributed by atoms with Crippen LogP contribution >= 0.6 is 0 Å². The minimum Gasteiger partial charge on any atom is -0.495 e. The Morgan fingerprint density at radius 2 is 1.68 bits per heavy atom. The number of rotatable bonds is 9. The highest BCUT2D eigenvalue weighted by atomic mass is 32.2. The average molecular weight is 483 g/mol. The molecule has 0 bridgehead atoms. The summed E-state index contributed by atoms with van der Waals surface area (Å²) in [5.41, 5.74) is 3.79. The molecular weight excluding hydrogens is 452 g/mol. The molecule has 0 heterocycles. The number of ether oxygens (including phenoxy) is 2. The fourth-order valence-electron chi connectivity index (χ4n) is 3.37. The van der Waals surface area contributed by atoms with Crippen LogP contribution in [0.5, 0.6) is 11.5 Å². The van der Waals surface area contributed by atoms with Crippen LogP contribution in [0.1, 0.15) is 30.0 Å². The van der Waals surface area contributed by atoms with Crippen LogP contribution in [-0.2, 0) is 14.8 Å². The molecule has 180 valence electrons. The van der Waals surface area contributed by atoms with Crippen LogP contribution in [0, 0.1) is 20.8 Å². The first-order valence-corrected chi connectivity index (χ1v) is 12.4. The number of anilines is 2. The molecule has 3 rings (SSSR count). The lowest BCUT2D eigenvalue weighted by Gasteiger charge is -2.19. The van der Waals surface area contributed by atoms with Gasteiger partial charge in [-0.05, 0) is 86.3 Å². The fourth-order valence-corrected chi connectivity index (χ4v) is 4.43. The number of carbonyl (C=O) groups is 1. The molecule has 0 unspecified atom stereocenters. The molecule has 0 saturated carbocycles. The summed E-state index contributed by atoms with van der Waals surface area (Å²) in [6, 6.07) is 16.9. The lowest BCUT2D eigenvalue weighted by atomic mass is 10.1. The topological polar surface area (TPSA) is 93.7 Å². The van der Waals surface area contributed by atoms with Crippen molar-refractivity contribution in [1.29, 1.82) is 0 Å². The van der Waals surface area contributed by atoms with Gasteiger partial charge in [0.2, 0.25) is 0 Å². The van der Waals surface area contributed by atoms with Gasteiger partial charge in [-0.1, -0.05) is 25.1 Å². The molecule has 1 atom stereocenters. The Morgan fingerprint density at radius 3 is 2.32 bits per heavy atom. The second kappa shape index (κ2) is 10.6. The first kappa shape index (κ1) is 25.1. The molecule has 0 spiro atoms. The summed E-state index contributed by atoms with van der Waals surface area (Å²) >= 11 is 0.